The zero-order chi connectivity index (χ0) is 23.4. The lowest BCUT2D eigenvalue weighted by Crippen LogP contribution is -2.36. The zero-order valence-corrected chi connectivity index (χ0v) is 19.8. The Bertz CT molecular complexity index is 1090. The highest BCUT2D eigenvalue weighted by atomic mass is 16.5. The average molecular weight is 452 g/mol. The molecular formula is C24H33N7O2. The molecule has 9 nitrogen and oxygen atoms in total. The summed E-state index contributed by atoms with van der Waals surface area (Å²) in [7, 11) is 2.13. The van der Waals surface area contributed by atoms with Gasteiger partial charge in [-0.25, -0.2) is 0 Å². The summed E-state index contributed by atoms with van der Waals surface area (Å²) >= 11 is 0. The van der Waals surface area contributed by atoms with E-state index in [0.717, 1.165) is 48.4 Å². The molecule has 1 aromatic carbocycles. The number of nitrogens with one attached hydrogen (secondary N) is 2. The van der Waals surface area contributed by atoms with E-state index in [1.54, 1.807) is 4.52 Å². The molecule has 33 heavy (non-hydrogen) atoms. The summed E-state index contributed by atoms with van der Waals surface area (Å²) < 4.78 is 7.94. The van der Waals surface area contributed by atoms with E-state index >= 15 is 0 Å². The third-order valence-corrected chi connectivity index (χ3v) is 5.94. The maximum absolute atomic E-state index is 11.6. The fourth-order valence-electron chi connectivity index (χ4n) is 3.84. The third-order valence-electron chi connectivity index (χ3n) is 5.94. The number of ether oxygens (including phenoxy) is 1. The van der Waals surface area contributed by atoms with Crippen molar-refractivity contribution in [3.8, 4) is 6.01 Å². The minimum absolute atomic E-state index is 0.000955. The summed E-state index contributed by atoms with van der Waals surface area (Å²) in [6.45, 7) is 8.66. The van der Waals surface area contributed by atoms with Gasteiger partial charge in [0.05, 0.1) is 6.20 Å². The van der Waals surface area contributed by atoms with Crippen LogP contribution >= 0.6 is 0 Å². The molecule has 1 aliphatic heterocycles. The standard InChI is InChI=1S/C24H33N7O2/c1-5-21(32)27-18-8-6-17(7-9-18)14-25-23-29-24(33-19-10-12-30(4)13-11-19)28-22-20(16(2)3)15-26-31(22)23/h6-9,15-16,19H,5,10-14H2,1-4H3,(H,27,32)(H,25,28,29). The molecule has 0 unspecified atom stereocenters. The maximum Gasteiger partial charge on any atom is 0.322 e. The van der Waals surface area contributed by atoms with Crippen LogP contribution in [0.3, 0.4) is 0 Å². The molecule has 0 radical (unpaired) electrons. The Morgan fingerprint density at radius 3 is 2.58 bits per heavy atom. The number of carbonyl (C=O) groups excluding carboxylic acids is 1. The lowest BCUT2D eigenvalue weighted by molar-refractivity contribution is -0.115. The molecule has 1 aliphatic rings. The first-order valence-electron chi connectivity index (χ1n) is 11.7. The van der Waals surface area contributed by atoms with Crippen molar-refractivity contribution in [2.24, 2.45) is 0 Å². The van der Waals surface area contributed by atoms with E-state index in [1.165, 1.54) is 0 Å². The highest BCUT2D eigenvalue weighted by Gasteiger charge is 2.21. The Morgan fingerprint density at radius 2 is 1.91 bits per heavy atom. The lowest BCUT2D eigenvalue weighted by Gasteiger charge is -2.28. The van der Waals surface area contributed by atoms with Gasteiger partial charge in [0.1, 0.15) is 6.10 Å². The number of piperidine rings is 1. The van der Waals surface area contributed by atoms with Gasteiger partial charge >= 0.3 is 6.01 Å². The van der Waals surface area contributed by atoms with Crippen molar-refractivity contribution in [2.75, 3.05) is 30.8 Å². The SMILES string of the molecule is CCC(=O)Nc1ccc(CNc2nc(OC3CCN(C)CC3)nc3c(C(C)C)cnn23)cc1. The van der Waals surface area contributed by atoms with Gasteiger partial charge in [0.2, 0.25) is 11.9 Å². The van der Waals surface area contributed by atoms with Crippen molar-refractivity contribution < 1.29 is 9.53 Å². The van der Waals surface area contributed by atoms with Crippen LogP contribution in [0.1, 0.15) is 57.1 Å². The number of amides is 1. The number of benzene rings is 1. The Balaban J connectivity index is 1.53. The fraction of sp³-hybridized carbons (Fsp3) is 0.500. The zero-order valence-electron chi connectivity index (χ0n) is 19.8. The second-order valence-electron chi connectivity index (χ2n) is 8.89. The number of nitrogens with zero attached hydrogens (tertiary/aromatic N) is 5. The lowest BCUT2D eigenvalue weighted by atomic mass is 10.1. The second kappa shape index (κ2) is 10.2. The van der Waals surface area contributed by atoms with Crippen molar-refractivity contribution >= 4 is 23.2 Å². The van der Waals surface area contributed by atoms with Crippen LogP contribution in [0.5, 0.6) is 6.01 Å². The van der Waals surface area contributed by atoms with Crippen LogP contribution in [0, 0.1) is 0 Å². The quantitative estimate of drug-likeness (QED) is 0.539. The summed E-state index contributed by atoms with van der Waals surface area (Å²) in [5.74, 6) is 0.881. The predicted molar refractivity (Wildman–Crippen MR) is 129 cm³/mol. The second-order valence-corrected chi connectivity index (χ2v) is 8.89. The van der Waals surface area contributed by atoms with E-state index in [2.05, 4.69) is 46.5 Å². The number of fused-ring (bicyclic) bond motifs is 1. The molecule has 0 atom stereocenters. The molecule has 2 aromatic heterocycles. The summed E-state index contributed by atoms with van der Waals surface area (Å²) in [6, 6.07) is 8.16. The summed E-state index contributed by atoms with van der Waals surface area (Å²) in [4.78, 5) is 23.3. The molecule has 0 aliphatic carbocycles. The van der Waals surface area contributed by atoms with E-state index in [0.29, 0.717) is 24.9 Å². The molecule has 4 rings (SSSR count). The van der Waals surface area contributed by atoms with Gasteiger partial charge in [0.15, 0.2) is 5.65 Å². The Labute approximate surface area is 194 Å². The van der Waals surface area contributed by atoms with Gasteiger partial charge in [-0.15, -0.1) is 0 Å². The molecule has 1 saturated heterocycles. The third kappa shape index (κ3) is 5.60. The fourth-order valence-corrected chi connectivity index (χ4v) is 3.84. The van der Waals surface area contributed by atoms with Crippen LogP contribution in [0.4, 0.5) is 11.6 Å². The highest BCUT2D eigenvalue weighted by Crippen LogP contribution is 2.24. The molecule has 2 N–H and O–H groups in total. The number of hydrogen-bond donors (Lipinski definition) is 2. The molecule has 176 valence electrons. The Morgan fingerprint density at radius 1 is 1.18 bits per heavy atom. The Hall–Kier alpha value is -3.20. The molecule has 1 amide bonds. The first-order valence-corrected chi connectivity index (χ1v) is 11.7. The van der Waals surface area contributed by atoms with E-state index in [-0.39, 0.29) is 17.9 Å². The normalized spacial score (nSPS) is 15.2. The van der Waals surface area contributed by atoms with Gasteiger partial charge in [0.25, 0.3) is 0 Å². The number of rotatable bonds is 8. The van der Waals surface area contributed by atoms with Crippen LogP contribution < -0.4 is 15.4 Å². The summed E-state index contributed by atoms with van der Waals surface area (Å²) in [5.41, 5.74) is 3.68. The molecule has 0 bridgehead atoms. The van der Waals surface area contributed by atoms with E-state index in [9.17, 15) is 4.79 Å². The molecule has 1 fully saturated rings. The summed E-state index contributed by atoms with van der Waals surface area (Å²) in [5, 5.41) is 10.8. The molecule has 9 heteroatoms. The molecule has 3 heterocycles. The van der Waals surface area contributed by atoms with Crippen molar-refractivity contribution in [3.63, 3.8) is 0 Å². The largest absolute Gasteiger partial charge is 0.460 e. The van der Waals surface area contributed by atoms with Crippen molar-refractivity contribution in [3.05, 3.63) is 41.6 Å². The van der Waals surface area contributed by atoms with Gasteiger partial charge in [-0.05, 0) is 43.5 Å². The first-order chi connectivity index (χ1) is 15.9. The highest BCUT2D eigenvalue weighted by molar-refractivity contribution is 5.90. The van der Waals surface area contributed by atoms with Crippen LogP contribution in [0.25, 0.3) is 5.65 Å². The molecular weight excluding hydrogens is 418 g/mol. The minimum Gasteiger partial charge on any atom is -0.460 e. The maximum atomic E-state index is 11.6. The van der Waals surface area contributed by atoms with E-state index in [1.807, 2.05) is 37.4 Å². The number of carbonyl (C=O) groups is 1. The van der Waals surface area contributed by atoms with Gasteiger partial charge in [-0.1, -0.05) is 32.9 Å². The number of aromatic nitrogens is 4. The van der Waals surface area contributed by atoms with Gasteiger partial charge < -0.3 is 20.3 Å². The van der Waals surface area contributed by atoms with Crippen LogP contribution in [0.2, 0.25) is 0 Å². The van der Waals surface area contributed by atoms with Crippen LogP contribution in [0.15, 0.2) is 30.5 Å². The first kappa shape index (κ1) is 23.0. The monoisotopic (exact) mass is 451 g/mol. The topological polar surface area (TPSA) is 96.7 Å². The van der Waals surface area contributed by atoms with E-state index < -0.39 is 0 Å². The van der Waals surface area contributed by atoms with Crippen molar-refractivity contribution in [2.45, 2.75) is 58.6 Å². The number of hydrogen-bond acceptors (Lipinski definition) is 7. The Kier molecular flexibility index (Phi) is 7.08. The number of likely N-dealkylation sites (tertiary alicyclic amines) is 1. The molecule has 0 saturated carbocycles. The predicted octanol–water partition coefficient (Wildman–Crippen LogP) is 3.68. The molecule has 3 aromatic rings. The van der Waals surface area contributed by atoms with Crippen molar-refractivity contribution in [1.29, 1.82) is 0 Å². The van der Waals surface area contributed by atoms with Crippen LogP contribution in [-0.4, -0.2) is 56.6 Å². The van der Waals surface area contributed by atoms with Crippen molar-refractivity contribution in [1.82, 2.24) is 24.5 Å². The van der Waals surface area contributed by atoms with Gasteiger partial charge in [0, 0.05) is 37.3 Å². The molecule has 0 spiro atoms. The van der Waals surface area contributed by atoms with E-state index in [4.69, 9.17) is 9.72 Å². The minimum atomic E-state index is 0.000955. The van der Waals surface area contributed by atoms with Crippen LogP contribution in [-0.2, 0) is 11.3 Å². The number of anilines is 2. The van der Waals surface area contributed by atoms with Gasteiger partial charge in [-0.2, -0.15) is 19.6 Å². The average Bonchev–Trinajstić information content (AvgIpc) is 3.24. The van der Waals surface area contributed by atoms with Gasteiger partial charge in [-0.3, -0.25) is 4.79 Å². The summed E-state index contributed by atoms with van der Waals surface area (Å²) in [6.07, 6.45) is 4.35. The smallest absolute Gasteiger partial charge is 0.322 e.